The average molecular weight is 331 g/mol. The zero-order chi connectivity index (χ0) is 15.6. The Kier molecular flexibility index (Phi) is 4.31. The monoisotopic (exact) mass is 330 g/mol. The lowest BCUT2D eigenvalue weighted by atomic mass is 10.1. The van der Waals surface area contributed by atoms with Crippen LogP contribution in [0.25, 0.3) is 0 Å². The minimum absolute atomic E-state index is 0.0260. The minimum Gasteiger partial charge on any atom is -0.478 e. The van der Waals surface area contributed by atoms with Gasteiger partial charge in [0.15, 0.2) is 5.76 Å². The third-order valence-corrected chi connectivity index (χ3v) is 4.52. The lowest BCUT2D eigenvalue weighted by molar-refractivity contribution is 0.0696. The van der Waals surface area contributed by atoms with Crippen LogP contribution in [0.15, 0.2) is 33.8 Å². The van der Waals surface area contributed by atoms with Crippen LogP contribution in [0.1, 0.15) is 21.7 Å². The summed E-state index contributed by atoms with van der Waals surface area (Å²) in [5, 5.41) is 12.5. The highest BCUT2D eigenvalue weighted by atomic mass is 35.5. The van der Waals surface area contributed by atoms with E-state index in [2.05, 4.69) is 9.88 Å². The van der Waals surface area contributed by atoms with Crippen LogP contribution in [0.5, 0.6) is 0 Å². The number of sulfonamides is 1. The van der Waals surface area contributed by atoms with Crippen LogP contribution in [-0.4, -0.2) is 24.7 Å². The molecular formula is C12H11ClN2O5S. The van der Waals surface area contributed by atoms with Crippen LogP contribution in [0.3, 0.4) is 0 Å². The summed E-state index contributed by atoms with van der Waals surface area (Å²) >= 11 is 5.79. The van der Waals surface area contributed by atoms with Gasteiger partial charge in [0.2, 0.25) is 10.0 Å². The highest BCUT2D eigenvalue weighted by Crippen LogP contribution is 2.24. The van der Waals surface area contributed by atoms with Gasteiger partial charge in [-0.2, -0.15) is 0 Å². The molecule has 0 aliphatic heterocycles. The van der Waals surface area contributed by atoms with Gasteiger partial charge in [-0.15, -0.1) is 0 Å². The van der Waals surface area contributed by atoms with Crippen LogP contribution in [-0.2, 0) is 16.6 Å². The van der Waals surface area contributed by atoms with Crippen molar-refractivity contribution in [2.75, 3.05) is 0 Å². The van der Waals surface area contributed by atoms with E-state index in [1.807, 2.05) is 0 Å². The van der Waals surface area contributed by atoms with E-state index in [1.54, 1.807) is 0 Å². The zero-order valence-corrected chi connectivity index (χ0v) is 12.4. The molecule has 1 aromatic carbocycles. The molecule has 0 bridgehead atoms. The predicted octanol–water partition coefficient (Wildman–Crippen LogP) is 1.81. The van der Waals surface area contributed by atoms with E-state index < -0.39 is 16.0 Å². The summed E-state index contributed by atoms with van der Waals surface area (Å²) in [5.74, 6) is -0.918. The molecule has 0 aliphatic carbocycles. The van der Waals surface area contributed by atoms with Crippen molar-refractivity contribution >= 4 is 27.6 Å². The van der Waals surface area contributed by atoms with Crippen molar-refractivity contribution in [3.05, 3.63) is 46.3 Å². The Labute approximate surface area is 125 Å². The van der Waals surface area contributed by atoms with Crippen molar-refractivity contribution in [2.45, 2.75) is 18.4 Å². The molecule has 0 radical (unpaired) electrons. The standard InChI is InChI=1S/C12H11ClN2O5S/c1-7-10(12(16)17)4-8(13)5-11(7)21(18,19)15-6-9-2-3-14-20-9/h2-5,15H,6H2,1H3,(H,16,17). The number of aromatic nitrogens is 1. The van der Waals surface area contributed by atoms with Gasteiger partial charge in [0.05, 0.1) is 23.2 Å². The number of carbonyl (C=O) groups is 1. The fourth-order valence-corrected chi connectivity index (χ4v) is 3.30. The van der Waals surface area contributed by atoms with Gasteiger partial charge in [0, 0.05) is 11.1 Å². The number of carboxylic acids is 1. The molecule has 2 N–H and O–H groups in total. The molecule has 2 rings (SSSR count). The summed E-state index contributed by atoms with van der Waals surface area (Å²) < 4.78 is 31.6. The molecule has 0 spiro atoms. The number of carboxylic acid groups (broad SMARTS) is 1. The number of nitrogens with zero attached hydrogens (tertiary/aromatic N) is 1. The van der Waals surface area contributed by atoms with Crippen molar-refractivity contribution in [1.82, 2.24) is 9.88 Å². The van der Waals surface area contributed by atoms with E-state index in [-0.39, 0.29) is 27.6 Å². The van der Waals surface area contributed by atoms with Gasteiger partial charge < -0.3 is 9.63 Å². The SMILES string of the molecule is Cc1c(C(=O)O)cc(Cl)cc1S(=O)(=O)NCc1ccno1. The maximum Gasteiger partial charge on any atom is 0.336 e. The van der Waals surface area contributed by atoms with Crippen LogP contribution in [0.4, 0.5) is 0 Å². The maximum atomic E-state index is 12.3. The summed E-state index contributed by atoms with van der Waals surface area (Å²) in [6, 6.07) is 3.91. The first-order valence-corrected chi connectivity index (χ1v) is 7.60. The fraction of sp³-hybridized carbons (Fsp3) is 0.167. The molecule has 21 heavy (non-hydrogen) atoms. The normalized spacial score (nSPS) is 11.5. The second-order valence-corrected chi connectivity index (χ2v) is 6.36. The highest BCUT2D eigenvalue weighted by molar-refractivity contribution is 7.89. The number of hydrogen-bond acceptors (Lipinski definition) is 5. The van der Waals surface area contributed by atoms with Crippen molar-refractivity contribution in [1.29, 1.82) is 0 Å². The Morgan fingerprint density at radius 1 is 1.48 bits per heavy atom. The van der Waals surface area contributed by atoms with Crippen molar-refractivity contribution < 1.29 is 22.8 Å². The summed E-state index contributed by atoms with van der Waals surface area (Å²) in [4.78, 5) is 10.9. The highest BCUT2D eigenvalue weighted by Gasteiger charge is 2.22. The first kappa shape index (κ1) is 15.5. The van der Waals surface area contributed by atoms with Crippen LogP contribution >= 0.6 is 11.6 Å². The topological polar surface area (TPSA) is 110 Å². The van der Waals surface area contributed by atoms with Crippen molar-refractivity contribution in [2.24, 2.45) is 0 Å². The summed E-state index contributed by atoms with van der Waals surface area (Å²) in [6.45, 7) is 1.31. The van der Waals surface area contributed by atoms with E-state index >= 15 is 0 Å². The van der Waals surface area contributed by atoms with Gasteiger partial charge in [-0.3, -0.25) is 0 Å². The zero-order valence-electron chi connectivity index (χ0n) is 10.8. The molecule has 0 fully saturated rings. The lowest BCUT2D eigenvalue weighted by Gasteiger charge is -2.11. The van der Waals surface area contributed by atoms with E-state index in [4.69, 9.17) is 21.2 Å². The number of halogens is 1. The molecule has 1 aromatic heterocycles. The Bertz CT molecular complexity index is 771. The Morgan fingerprint density at radius 3 is 2.76 bits per heavy atom. The molecule has 0 saturated carbocycles. The van der Waals surface area contributed by atoms with Crippen LogP contribution < -0.4 is 4.72 Å². The van der Waals surface area contributed by atoms with Gasteiger partial charge in [0.25, 0.3) is 0 Å². The molecule has 7 nitrogen and oxygen atoms in total. The second-order valence-electron chi connectivity index (χ2n) is 4.18. The molecule has 0 saturated heterocycles. The molecule has 0 unspecified atom stereocenters. The number of rotatable bonds is 5. The van der Waals surface area contributed by atoms with Gasteiger partial charge in [-0.1, -0.05) is 16.8 Å². The second kappa shape index (κ2) is 5.84. The molecule has 0 aliphatic rings. The van der Waals surface area contributed by atoms with E-state index in [1.165, 1.54) is 31.3 Å². The molecule has 1 heterocycles. The van der Waals surface area contributed by atoms with Gasteiger partial charge in [0.1, 0.15) is 0 Å². The van der Waals surface area contributed by atoms with Crippen LogP contribution in [0.2, 0.25) is 5.02 Å². The predicted molar refractivity (Wildman–Crippen MR) is 73.7 cm³/mol. The largest absolute Gasteiger partial charge is 0.478 e. The smallest absolute Gasteiger partial charge is 0.336 e. The lowest BCUT2D eigenvalue weighted by Crippen LogP contribution is -2.24. The number of aromatic carboxylic acids is 1. The number of hydrogen-bond donors (Lipinski definition) is 2. The molecule has 9 heteroatoms. The quantitative estimate of drug-likeness (QED) is 0.865. The summed E-state index contributed by atoms with van der Waals surface area (Å²) in [6.07, 6.45) is 1.39. The van der Waals surface area contributed by atoms with Crippen molar-refractivity contribution in [3.63, 3.8) is 0 Å². The maximum absolute atomic E-state index is 12.3. The molecule has 2 aromatic rings. The van der Waals surface area contributed by atoms with E-state index in [9.17, 15) is 13.2 Å². The first-order chi connectivity index (χ1) is 9.81. The minimum atomic E-state index is -3.93. The third kappa shape index (κ3) is 3.41. The average Bonchev–Trinajstić information content (AvgIpc) is 2.91. The van der Waals surface area contributed by atoms with Gasteiger partial charge in [-0.05, 0) is 24.6 Å². The Balaban J connectivity index is 2.37. The summed E-state index contributed by atoms with van der Waals surface area (Å²) in [7, 11) is -3.93. The number of nitrogens with one attached hydrogen (secondary N) is 1. The summed E-state index contributed by atoms with van der Waals surface area (Å²) in [5.41, 5.74) is -0.0560. The van der Waals surface area contributed by atoms with Gasteiger partial charge >= 0.3 is 5.97 Å². The molecule has 0 atom stereocenters. The first-order valence-electron chi connectivity index (χ1n) is 5.74. The fourth-order valence-electron chi connectivity index (χ4n) is 1.73. The van der Waals surface area contributed by atoms with Crippen LogP contribution in [0, 0.1) is 6.92 Å². The third-order valence-electron chi connectivity index (χ3n) is 2.77. The Hall–Kier alpha value is -1.90. The molecule has 0 amide bonds. The number of benzene rings is 1. The molecular weight excluding hydrogens is 320 g/mol. The Morgan fingerprint density at radius 2 is 2.19 bits per heavy atom. The van der Waals surface area contributed by atoms with Gasteiger partial charge in [-0.25, -0.2) is 17.9 Å². The van der Waals surface area contributed by atoms with E-state index in [0.717, 1.165) is 0 Å². The van der Waals surface area contributed by atoms with Crippen molar-refractivity contribution in [3.8, 4) is 0 Å². The molecule has 112 valence electrons. The van der Waals surface area contributed by atoms with E-state index in [0.29, 0.717) is 5.76 Å².